The van der Waals surface area contributed by atoms with Gasteiger partial charge in [-0.1, -0.05) is 0 Å². The minimum absolute atomic E-state index is 0.634. The molecule has 0 spiro atoms. The standard InChI is InChI=1S/C10H21NO2S/c1-14(12)8-2-5-11-9-10-3-6-13-7-4-10/h10-11H,2-9H2,1H3. The molecule has 1 N–H and O–H groups in total. The summed E-state index contributed by atoms with van der Waals surface area (Å²) in [6.07, 6.45) is 5.16. The van der Waals surface area contributed by atoms with E-state index in [1.165, 1.54) is 12.8 Å². The highest BCUT2D eigenvalue weighted by Gasteiger charge is 2.12. The monoisotopic (exact) mass is 219 g/mol. The Kier molecular flexibility index (Phi) is 6.39. The van der Waals surface area contributed by atoms with Crippen molar-refractivity contribution in [3.8, 4) is 0 Å². The van der Waals surface area contributed by atoms with E-state index in [-0.39, 0.29) is 0 Å². The van der Waals surface area contributed by atoms with Gasteiger partial charge in [0.25, 0.3) is 0 Å². The Morgan fingerprint density at radius 2 is 2.14 bits per heavy atom. The predicted molar refractivity (Wildman–Crippen MR) is 60.0 cm³/mol. The van der Waals surface area contributed by atoms with E-state index in [0.717, 1.165) is 44.4 Å². The smallest absolute Gasteiger partial charge is 0.0469 e. The van der Waals surface area contributed by atoms with Gasteiger partial charge in [0.05, 0.1) is 0 Å². The minimum atomic E-state index is -0.634. The van der Waals surface area contributed by atoms with Gasteiger partial charge in [-0.25, -0.2) is 0 Å². The van der Waals surface area contributed by atoms with E-state index in [1.807, 2.05) is 0 Å². The van der Waals surface area contributed by atoms with E-state index in [1.54, 1.807) is 6.26 Å². The van der Waals surface area contributed by atoms with Gasteiger partial charge < -0.3 is 10.1 Å². The van der Waals surface area contributed by atoms with Crippen molar-refractivity contribution in [3.63, 3.8) is 0 Å². The second-order valence-corrected chi connectivity index (χ2v) is 5.45. The molecule has 1 rings (SSSR count). The molecule has 84 valence electrons. The van der Waals surface area contributed by atoms with Crippen LogP contribution >= 0.6 is 0 Å². The number of hydrogen-bond acceptors (Lipinski definition) is 3. The molecule has 3 nitrogen and oxygen atoms in total. The minimum Gasteiger partial charge on any atom is -0.381 e. The van der Waals surface area contributed by atoms with Crippen molar-refractivity contribution in [2.24, 2.45) is 5.92 Å². The molecule has 0 amide bonds. The lowest BCUT2D eigenvalue weighted by atomic mass is 10.0. The molecule has 0 aliphatic carbocycles. The van der Waals surface area contributed by atoms with Gasteiger partial charge in [0, 0.05) is 36.0 Å². The van der Waals surface area contributed by atoms with Crippen molar-refractivity contribution < 1.29 is 8.95 Å². The van der Waals surface area contributed by atoms with Crippen LogP contribution < -0.4 is 5.32 Å². The van der Waals surface area contributed by atoms with Crippen LogP contribution in [0.25, 0.3) is 0 Å². The van der Waals surface area contributed by atoms with Gasteiger partial charge in [-0.2, -0.15) is 0 Å². The first kappa shape index (κ1) is 12.1. The number of nitrogens with one attached hydrogen (secondary N) is 1. The van der Waals surface area contributed by atoms with E-state index < -0.39 is 10.8 Å². The van der Waals surface area contributed by atoms with Gasteiger partial charge in [-0.05, 0) is 38.3 Å². The van der Waals surface area contributed by atoms with Crippen LogP contribution in [0.3, 0.4) is 0 Å². The third-order valence-corrected chi connectivity index (χ3v) is 3.42. The highest BCUT2D eigenvalue weighted by Crippen LogP contribution is 2.12. The van der Waals surface area contributed by atoms with Gasteiger partial charge >= 0.3 is 0 Å². The van der Waals surface area contributed by atoms with E-state index in [9.17, 15) is 4.21 Å². The average Bonchev–Trinajstić information content (AvgIpc) is 2.18. The molecule has 14 heavy (non-hydrogen) atoms. The molecule has 0 aromatic heterocycles. The van der Waals surface area contributed by atoms with Gasteiger partial charge in [-0.15, -0.1) is 0 Å². The molecule has 1 saturated heterocycles. The molecule has 0 saturated carbocycles. The second-order valence-electron chi connectivity index (χ2n) is 3.89. The average molecular weight is 219 g/mol. The Labute approximate surface area is 89.1 Å². The summed E-state index contributed by atoms with van der Waals surface area (Å²) >= 11 is 0. The zero-order valence-corrected chi connectivity index (χ0v) is 9.78. The maximum absolute atomic E-state index is 10.8. The Hall–Kier alpha value is 0.0700. The molecule has 1 aliphatic heterocycles. The van der Waals surface area contributed by atoms with Crippen LogP contribution in [-0.2, 0) is 15.5 Å². The first-order chi connectivity index (χ1) is 6.79. The molecule has 1 unspecified atom stereocenters. The van der Waals surface area contributed by atoms with Crippen molar-refractivity contribution in [3.05, 3.63) is 0 Å². The normalized spacial score (nSPS) is 20.9. The lowest BCUT2D eigenvalue weighted by Crippen LogP contribution is -2.28. The van der Waals surface area contributed by atoms with Crippen molar-refractivity contribution in [2.45, 2.75) is 19.3 Å². The highest BCUT2D eigenvalue weighted by molar-refractivity contribution is 7.84. The molecule has 0 aromatic carbocycles. The van der Waals surface area contributed by atoms with Gasteiger partial charge in [0.2, 0.25) is 0 Å². The van der Waals surface area contributed by atoms with Crippen LogP contribution in [0.2, 0.25) is 0 Å². The summed E-state index contributed by atoms with van der Waals surface area (Å²) in [6.45, 7) is 3.94. The molecule has 0 bridgehead atoms. The maximum atomic E-state index is 10.8. The highest BCUT2D eigenvalue weighted by atomic mass is 32.2. The predicted octanol–water partition coefficient (Wildman–Crippen LogP) is 0.771. The molecule has 1 fully saturated rings. The van der Waals surface area contributed by atoms with E-state index in [0.29, 0.717) is 0 Å². The molecule has 1 atom stereocenters. The SMILES string of the molecule is CS(=O)CCCNCC1CCOCC1. The molecule has 1 heterocycles. The molecular formula is C10H21NO2S. The number of ether oxygens (including phenoxy) is 1. The summed E-state index contributed by atoms with van der Waals surface area (Å²) < 4.78 is 16.1. The Balaban J connectivity index is 1.90. The van der Waals surface area contributed by atoms with Crippen LogP contribution in [-0.4, -0.2) is 42.5 Å². The third-order valence-electron chi connectivity index (χ3n) is 2.56. The van der Waals surface area contributed by atoms with E-state index in [4.69, 9.17) is 4.74 Å². The quantitative estimate of drug-likeness (QED) is 0.671. The van der Waals surface area contributed by atoms with Gasteiger partial charge in [0.1, 0.15) is 0 Å². The maximum Gasteiger partial charge on any atom is 0.0469 e. The number of hydrogen-bond donors (Lipinski definition) is 1. The van der Waals surface area contributed by atoms with Crippen molar-refractivity contribution in [1.29, 1.82) is 0 Å². The van der Waals surface area contributed by atoms with Crippen LogP contribution in [0, 0.1) is 5.92 Å². The first-order valence-electron chi connectivity index (χ1n) is 5.37. The fourth-order valence-corrected chi connectivity index (χ4v) is 2.21. The van der Waals surface area contributed by atoms with Crippen LogP contribution in [0.4, 0.5) is 0 Å². The third kappa shape index (κ3) is 5.73. The van der Waals surface area contributed by atoms with Crippen LogP contribution in [0.1, 0.15) is 19.3 Å². The topological polar surface area (TPSA) is 38.3 Å². The largest absolute Gasteiger partial charge is 0.381 e. The number of rotatable bonds is 6. The summed E-state index contributed by atoms with van der Waals surface area (Å²) in [5.41, 5.74) is 0. The Morgan fingerprint density at radius 3 is 2.79 bits per heavy atom. The first-order valence-corrected chi connectivity index (χ1v) is 7.10. The lowest BCUT2D eigenvalue weighted by molar-refractivity contribution is 0.0664. The molecular weight excluding hydrogens is 198 g/mol. The summed E-state index contributed by atoms with van der Waals surface area (Å²) in [6, 6.07) is 0. The molecule has 0 aromatic rings. The van der Waals surface area contributed by atoms with Gasteiger partial charge in [-0.3, -0.25) is 4.21 Å². The van der Waals surface area contributed by atoms with Crippen LogP contribution in [0.5, 0.6) is 0 Å². The Bertz CT molecular complexity index is 170. The molecule has 1 aliphatic rings. The van der Waals surface area contributed by atoms with Gasteiger partial charge in [0.15, 0.2) is 0 Å². The van der Waals surface area contributed by atoms with Crippen molar-refractivity contribution in [1.82, 2.24) is 5.32 Å². The zero-order valence-electron chi connectivity index (χ0n) is 8.96. The Morgan fingerprint density at radius 1 is 1.43 bits per heavy atom. The summed E-state index contributed by atoms with van der Waals surface area (Å²) in [5, 5.41) is 3.42. The summed E-state index contributed by atoms with van der Waals surface area (Å²) in [5.74, 6) is 1.61. The van der Waals surface area contributed by atoms with Crippen molar-refractivity contribution in [2.75, 3.05) is 38.3 Å². The second kappa shape index (κ2) is 7.37. The zero-order chi connectivity index (χ0) is 10.2. The van der Waals surface area contributed by atoms with E-state index in [2.05, 4.69) is 5.32 Å². The molecule has 0 radical (unpaired) electrons. The lowest BCUT2D eigenvalue weighted by Gasteiger charge is -2.22. The fraction of sp³-hybridized carbons (Fsp3) is 1.00. The molecule has 4 heteroatoms. The summed E-state index contributed by atoms with van der Waals surface area (Å²) in [7, 11) is -0.634. The summed E-state index contributed by atoms with van der Waals surface area (Å²) in [4.78, 5) is 0. The van der Waals surface area contributed by atoms with E-state index >= 15 is 0 Å². The van der Waals surface area contributed by atoms with Crippen molar-refractivity contribution >= 4 is 10.8 Å². The van der Waals surface area contributed by atoms with Crippen LogP contribution in [0.15, 0.2) is 0 Å². The fourth-order valence-electron chi connectivity index (χ4n) is 1.66.